The van der Waals surface area contributed by atoms with Gasteiger partial charge in [-0.15, -0.1) is 0 Å². The van der Waals surface area contributed by atoms with Crippen molar-refractivity contribution in [1.82, 2.24) is 9.73 Å². The predicted molar refractivity (Wildman–Crippen MR) is 146 cm³/mol. The Balaban J connectivity index is 1.71. The third kappa shape index (κ3) is 7.70. The third-order valence-corrected chi connectivity index (χ3v) is 7.89. The van der Waals surface area contributed by atoms with E-state index in [1.165, 1.54) is 4.41 Å². The van der Waals surface area contributed by atoms with Crippen LogP contribution in [-0.2, 0) is 22.2 Å². The van der Waals surface area contributed by atoms with Gasteiger partial charge in [-0.3, -0.25) is 10.6 Å². The van der Waals surface area contributed by atoms with E-state index in [0.717, 1.165) is 16.7 Å². The molecule has 0 saturated heterocycles. The van der Waals surface area contributed by atoms with Crippen molar-refractivity contribution in [1.29, 1.82) is 5.26 Å². The zero-order chi connectivity index (χ0) is 26.9. The first-order valence-electron chi connectivity index (χ1n) is 12.5. The predicted octanol–water partition coefficient (Wildman–Crippen LogP) is 3.78. The summed E-state index contributed by atoms with van der Waals surface area (Å²) < 4.78 is 14.2. The Morgan fingerprint density at radius 2 is 1.95 bits per heavy atom. The standard InChI is InChI=1S/C29H36N4O3S/c1-4-8-26-21(3)16-27(34)28(26)32-29(35)24(17-22-9-6-5-7-10-22)15-20(2)19-33(31)37(36)25-13-11-23(18-30)12-14-25/h4-14,20,24,27-28,34H,15-17,19,31H2,1-3H3,(H,32,35). The van der Waals surface area contributed by atoms with Crippen molar-refractivity contribution in [3.63, 3.8) is 0 Å². The van der Waals surface area contributed by atoms with Gasteiger partial charge in [0, 0.05) is 12.5 Å². The van der Waals surface area contributed by atoms with Crippen LogP contribution in [0.1, 0.15) is 44.7 Å². The summed E-state index contributed by atoms with van der Waals surface area (Å²) in [5, 5.41) is 22.7. The molecule has 3 rings (SSSR count). The molecule has 1 amide bonds. The monoisotopic (exact) mass is 520 g/mol. The number of allylic oxidation sites excluding steroid dienone is 1. The van der Waals surface area contributed by atoms with Gasteiger partial charge in [-0.05, 0) is 74.4 Å². The van der Waals surface area contributed by atoms with Crippen molar-refractivity contribution < 1.29 is 14.1 Å². The van der Waals surface area contributed by atoms with E-state index in [0.29, 0.717) is 36.3 Å². The number of rotatable bonds is 11. The Bertz CT molecular complexity index is 1190. The number of nitrogens with zero attached hydrogens (tertiary/aromatic N) is 2. The number of benzene rings is 2. The lowest BCUT2D eigenvalue weighted by molar-refractivity contribution is -0.126. The molecule has 8 heteroatoms. The second-order valence-corrected chi connectivity index (χ2v) is 11.1. The SMILES string of the molecule is CC=CC1=C(C)CC(O)C1NC(=O)C(Cc1ccccc1)CC(C)CN(N)S(=O)c1ccc(C#N)cc1. The Morgan fingerprint density at radius 3 is 2.57 bits per heavy atom. The Kier molecular flexibility index (Phi) is 10.4. The van der Waals surface area contributed by atoms with Crippen molar-refractivity contribution in [3.8, 4) is 6.07 Å². The molecule has 0 saturated carbocycles. The molecule has 0 fully saturated rings. The number of hydrogen-bond donors (Lipinski definition) is 3. The zero-order valence-electron chi connectivity index (χ0n) is 21.6. The van der Waals surface area contributed by atoms with Crippen LogP contribution < -0.4 is 11.2 Å². The minimum Gasteiger partial charge on any atom is -0.390 e. The zero-order valence-corrected chi connectivity index (χ0v) is 22.4. The maximum atomic E-state index is 13.5. The van der Waals surface area contributed by atoms with Crippen molar-refractivity contribution >= 4 is 16.9 Å². The molecule has 5 atom stereocenters. The highest BCUT2D eigenvalue weighted by molar-refractivity contribution is 7.82. The summed E-state index contributed by atoms with van der Waals surface area (Å²) >= 11 is 0. The average Bonchev–Trinajstić information content (AvgIpc) is 3.15. The van der Waals surface area contributed by atoms with Crippen LogP contribution in [0, 0.1) is 23.2 Å². The molecule has 37 heavy (non-hydrogen) atoms. The van der Waals surface area contributed by atoms with Crippen molar-refractivity contribution in [2.45, 2.75) is 57.1 Å². The maximum absolute atomic E-state index is 13.5. The number of nitrogens with two attached hydrogens (primary N) is 1. The summed E-state index contributed by atoms with van der Waals surface area (Å²) in [7, 11) is -1.59. The lowest BCUT2D eigenvalue weighted by Crippen LogP contribution is -2.45. The van der Waals surface area contributed by atoms with Gasteiger partial charge in [0.15, 0.2) is 0 Å². The first kappa shape index (κ1) is 28.5. The van der Waals surface area contributed by atoms with Gasteiger partial charge in [0.1, 0.15) is 11.0 Å². The van der Waals surface area contributed by atoms with Gasteiger partial charge in [0.25, 0.3) is 0 Å². The summed E-state index contributed by atoms with van der Waals surface area (Å²) in [6.45, 7) is 6.21. The molecule has 4 N–H and O–H groups in total. The fraction of sp³-hybridized carbons (Fsp3) is 0.379. The maximum Gasteiger partial charge on any atom is 0.224 e. The number of hydrazine groups is 1. The Hall–Kier alpha value is -3.09. The minimum atomic E-state index is -1.59. The molecule has 2 aromatic rings. The highest BCUT2D eigenvalue weighted by Gasteiger charge is 2.33. The van der Waals surface area contributed by atoms with E-state index < -0.39 is 23.1 Å². The highest BCUT2D eigenvalue weighted by Crippen LogP contribution is 2.29. The van der Waals surface area contributed by atoms with Crippen LogP contribution in [0.4, 0.5) is 0 Å². The average molecular weight is 521 g/mol. The molecule has 0 heterocycles. The van der Waals surface area contributed by atoms with Crippen molar-refractivity contribution in [3.05, 3.63) is 89.0 Å². The number of nitriles is 1. The second kappa shape index (κ2) is 13.5. The van der Waals surface area contributed by atoms with E-state index in [1.807, 2.05) is 69.3 Å². The highest BCUT2D eigenvalue weighted by atomic mass is 32.2. The third-order valence-electron chi connectivity index (χ3n) is 6.64. The van der Waals surface area contributed by atoms with Gasteiger partial charge >= 0.3 is 0 Å². The Morgan fingerprint density at radius 1 is 1.27 bits per heavy atom. The number of aliphatic hydroxyl groups excluding tert-OH is 1. The minimum absolute atomic E-state index is 0.0346. The van der Waals surface area contributed by atoms with E-state index in [1.54, 1.807) is 24.3 Å². The molecule has 1 aliphatic carbocycles. The van der Waals surface area contributed by atoms with Crippen LogP contribution in [0.3, 0.4) is 0 Å². The van der Waals surface area contributed by atoms with Crippen molar-refractivity contribution in [2.75, 3.05) is 6.54 Å². The lowest BCUT2D eigenvalue weighted by atomic mass is 9.89. The summed E-state index contributed by atoms with van der Waals surface area (Å²) in [5.41, 5.74) is 3.57. The van der Waals surface area contributed by atoms with Crippen LogP contribution in [-0.4, -0.2) is 38.3 Å². The van der Waals surface area contributed by atoms with Crippen LogP contribution >= 0.6 is 0 Å². The molecular weight excluding hydrogens is 484 g/mol. The van der Waals surface area contributed by atoms with Crippen molar-refractivity contribution in [2.24, 2.45) is 17.7 Å². The van der Waals surface area contributed by atoms with E-state index in [9.17, 15) is 14.1 Å². The molecule has 0 bridgehead atoms. The summed E-state index contributed by atoms with van der Waals surface area (Å²) in [6.07, 6.45) is 4.83. The fourth-order valence-electron chi connectivity index (χ4n) is 4.79. The van der Waals surface area contributed by atoms with E-state index in [2.05, 4.69) is 5.32 Å². The van der Waals surface area contributed by atoms with Gasteiger partial charge in [0.05, 0.1) is 28.7 Å². The number of carbonyl (C=O) groups excluding carboxylic acids is 1. The summed E-state index contributed by atoms with van der Waals surface area (Å²) in [6, 6.07) is 17.9. The van der Waals surface area contributed by atoms with Gasteiger partial charge in [-0.2, -0.15) is 9.68 Å². The number of nitrogens with one attached hydrogen (secondary N) is 1. The van der Waals surface area contributed by atoms with Crippen LogP contribution in [0.15, 0.2) is 82.8 Å². The molecule has 1 aliphatic rings. The molecular formula is C29H36N4O3S. The molecule has 2 aromatic carbocycles. The van der Waals surface area contributed by atoms with Gasteiger partial charge in [0.2, 0.25) is 5.91 Å². The molecule has 0 aromatic heterocycles. The summed E-state index contributed by atoms with van der Waals surface area (Å²) in [4.78, 5) is 14.1. The molecule has 7 nitrogen and oxygen atoms in total. The number of amides is 1. The molecule has 0 radical (unpaired) electrons. The topological polar surface area (TPSA) is 119 Å². The Labute approximate surface area is 222 Å². The fourth-order valence-corrected chi connectivity index (χ4v) is 5.82. The van der Waals surface area contributed by atoms with Gasteiger partial charge in [-0.25, -0.2) is 4.21 Å². The quantitative estimate of drug-likeness (QED) is 0.308. The molecule has 0 aliphatic heterocycles. The van der Waals surface area contributed by atoms with Gasteiger partial charge in [-0.1, -0.05) is 55.0 Å². The van der Waals surface area contributed by atoms with E-state index >= 15 is 0 Å². The second-order valence-electron chi connectivity index (χ2n) is 9.71. The summed E-state index contributed by atoms with van der Waals surface area (Å²) in [5.74, 6) is 5.66. The van der Waals surface area contributed by atoms with Crippen LogP contribution in [0.25, 0.3) is 0 Å². The van der Waals surface area contributed by atoms with E-state index in [4.69, 9.17) is 11.1 Å². The number of carbonyl (C=O) groups is 1. The molecule has 5 unspecified atom stereocenters. The van der Waals surface area contributed by atoms with E-state index in [-0.39, 0.29) is 17.7 Å². The normalized spacial score (nSPS) is 20.1. The number of aliphatic hydroxyl groups is 1. The van der Waals surface area contributed by atoms with Gasteiger partial charge < -0.3 is 10.4 Å². The van der Waals surface area contributed by atoms with Crippen LogP contribution in [0.5, 0.6) is 0 Å². The molecule has 0 spiro atoms. The smallest absolute Gasteiger partial charge is 0.224 e. The first-order chi connectivity index (χ1) is 17.7. The van der Waals surface area contributed by atoms with Crippen LogP contribution in [0.2, 0.25) is 0 Å². The first-order valence-corrected chi connectivity index (χ1v) is 13.6. The lowest BCUT2D eigenvalue weighted by Gasteiger charge is -2.26. The largest absolute Gasteiger partial charge is 0.390 e. The number of hydrogen-bond acceptors (Lipinski definition) is 5. The molecule has 196 valence electrons.